The SMILES string of the molecule is CC(C)Cc1cc(C(=O)N(C)Cc2cnc3ccccn23)nc(=O)[nH]1. The fraction of sp³-hybridized carbons (Fsp3) is 0.333. The molecule has 0 atom stereocenters. The molecule has 130 valence electrons. The summed E-state index contributed by atoms with van der Waals surface area (Å²) in [5, 5.41) is 0. The number of hydrogen-bond donors (Lipinski definition) is 1. The van der Waals surface area contributed by atoms with Crippen LogP contribution in [-0.4, -0.2) is 37.2 Å². The topological polar surface area (TPSA) is 83.4 Å². The third-order valence-electron chi connectivity index (χ3n) is 3.89. The van der Waals surface area contributed by atoms with Crippen molar-refractivity contribution in [2.24, 2.45) is 5.92 Å². The summed E-state index contributed by atoms with van der Waals surface area (Å²) in [6.45, 7) is 4.48. The number of rotatable bonds is 5. The lowest BCUT2D eigenvalue weighted by molar-refractivity contribution is 0.0776. The summed E-state index contributed by atoms with van der Waals surface area (Å²) in [6, 6.07) is 7.39. The van der Waals surface area contributed by atoms with E-state index in [1.54, 1.807) is 19.3 Å². The summed E-state index contributed by atoms with van der Waals surface area (Å²) in [6.07, 6.45) is 4.34. The second-order valence-electron chi connectivity index (χ2n) is 6.53. The van der Waals surface area contributed by atoms with E-state index < -0.39 is 5.69 Å². The van der Waals surface area contributed by atoms with E-state index >= 15 is 0 Å². The minimum atomic E-state index is -0.496. The predicted molar refractivity (Wildman–Crippen MR) is 94.4 cm³/mol. The Balaban J connectivity index is 1.83. The Labute approximate surface area is 145 Å². The van der Waals surface area contributed by atoms with Gasteiger partial charge in [0.15, 0.2) is 0 Å². The lowest BCUT2D eigenvalue weighted by atomic mass is 10.1. The Morgan fingerprint density at radius 1 is 1.36 bits per heavy atom. The summed E-state index contributed by atoms with van der Waals surface area (Å²) in [5.41, 5.74) is 2.10. The van der Waals surface area contributed by atoms with Gasteiger partial charge in [-0.05, 0) is 30.5 Å². The van der Waals surface area contributed by atoms with E-state index in [2.05, 4.69) is 28.8 Å². The highest BCUT2D eigenvalue weighted by Crippen LogP contribution is 2.11. The quantitative estimate of drug-likeness (QED) is 0.769. The second kappa shape index (κ2) is 6.88. The molecule has 0 aliphatic carbocycles. The number of nitrogens with zero attached hydrogens (tertiary/aromatic N) is 4. The molecule has 0 spiro atoms. The van der Waals surface area contributed by atoms with E-state index in [0.717, 1.165) is 17.0 Å². The highest BCUT2D eigenvalue weighted by molar-refractivity contribution is 5.92. The monoisotopic (exact) mass is 339 g/mol. The summed E-state index contributed by atoms with van der Waals surface area (Å²) in [7, 11) is 1.69. The molecule has 0 radical (unpaired) electrons. The molecular formula is C18H21N5O2. The third-order valence-corrected chi connectivity index (χ3v) is 3.89. The highest BCUT2D eigenvalue weighted by Gasteiger charge is 2.17. The molecule has 3 aromatic heterocycles. The Bertz CT molecular complexity index is 957. The number of H-pyrrole nitrogens is 1. The van der Waals surface area contributed by atoms with Gasteiger partial charge in [-0.25, -0.2) is 9.78 Å². The van der Waals surface area contributed by atoms with Crippen molar-refractivity contribution in [2.75, 3.05) is 7.05 Å². The zero-order valence-electron chi connectivity index (χ0n) is 14.6. The van der Waals surface area contributed by atoms with Gasteiger partial charge in [0.2, 0.25) is 0 Å². The standard InChI is InChI=1S/C18H21N5O2/c1-12(2)8-13-9-15(21-18(25)20-13)17(24)22(3)11-14-10-19-16-6-4-5-7-23(14)16/h4-7,9-10,12H,8,11H2,1-3H3,(H,20,21,25). The first kappa shape index (κ1) is 16.9. The van der Waals surface area contributed by atoms with Gasteiger partial charge in [0.25, 0.3) is 5.91 Å². The zero-order valence-corrected chi connectivity index (χ0v) is 14.6. The van der Waals surface area contributed by atoms with Crippen molar-refractivity contribution in [2.45, 2.75) is 26.8 Å². The maximum Gasteiger partial charge on any atom is 0.345 e. The van der Waals surface area contributed by atoms with Crippen LogP contribution in [0.25, 0.3) is 5.65 Å². The molecule has 0 fully saturated rings. The average Bonchev–Trinajstić information content (AvgIpc) is 2.96. The van der Waals surface area contributed by atoms with Crippen molar-refractivity contribution in [3.63, 3.8) is 0 Å². The summed E-state index contributed by atoms with van der Waals surface area (Å²) >= 11 is 0. The van der Waals surface area contributed by atoms with Crippen molar-refractivity contribution in [1.29, 1.82) is 0 Å². The largest absolute Gasteiger partial charge is 0.345 e. The first-order chi connectivity index (χ1) is 11.9. The molecule has 7 nitrogen and oxygen atoms in total. The third kappa shape index (κ3) is 3.76. The number of pyridine rings is 1. The lowest BCUT2D eigenvalue weighted by Crippen LogP contribution is -2.30. The van der Waals surface area contributed by atoms with Crippen molar-refractivity contribution in [3.05, 3.63) is 64.2 Å². The van der Waals surface area contributed by atoms with Crippen LogP contribution in [0, 0.1) is 5.92 Å². The number of aromatic nitrogens is 4. The minimum absolute atomic E-state index is 0.163. The van der Waals surface area contributed by atoms with Gasteiger partial charge in [0, 0.05) is 18.9 Å². The molecule has 0 aliphatic rings. The fourth-order valence-electron chi connectivity index (χ4n) is 2.78. The number of nitrogens with one attached hydrogen (secondary N) is 1. The van der Waals surface area contributed by atoms with Gasteiger partial charge in [-0.2, -0.15) is 4.98 Å². The van der Waals surface area contributed by atoms with Crippen LogP contribution in [-0.2, 0) is 13.0 Å². The Morgan fingerprint density at radius 2 is 2.16 bits per heavy atom. The smallest absolute Gasteiger partial charge is 0.334 e. The van der Waals surface area contributed by atoms with Crippen LogP contribution in [0.2, 0.25) is 0 Å². The van der Waals surface area contributed by atoms with E-state index in [1.165, 1.54) is 4.90 Å². The Kier molecular flexibility index (Phi) is 4.65. The number of aromatic amines is 1. The van der Waals surface area contributed by atoms with Crippen LogP contribution in [0.4, 0.5) is 0 Å². The fourth-order valence-corrected chi connectivity index (χ4v) is 2.78. The van der Waals surface area contributed by atoms with Crippen molar-refractivity contribution < 1.29 is 4.79 Å². The van der Waals surface area contributed by atoms with Gasteiger partial charge >= 0.3 is 5.69 Å². The molecule has 3 heterocycles. The maximum absolute atomic E-state index is 12.7. The molecule has 0 saturated carbocycles. The molecule has 3 aromatic rings. The molecule has 0 aromatic carbocycles. The van der Waals surface area contributed by atoms with Crippen LogP contribution in [0.1, 0.15) is 35.7 Å². The zero-order chi connectivity index (χ0) is 18.0. The molecule has 0 unspecified atom stereocenters. The maximum atomic E-state index is 12.7. The normalized spacial score (nSPS) is 11.2. The van der Waals surface area contributed by atoms with Crippen LogP contribution < -0.4 is 5.69 Å². The lowest BCUT2D eigenvalue weighted by Gasteiger charge is -2.16. The van der Waals surface area contributed by atoms with Crippen LogP contribution in [0.15, 0.2) is 41.5 Å². The van der Waals surface area contributed by atoms with E-state index in [-0.39, 0.29) is 11.6 Å². The van der Waals surface area contributed by atoms with Crippen LogP contribution in [0.3, 0.4) is 0 Å². The van der Waals surface area contributed by atoms with E-state index in [0.29, 0.717) is 18.9 Å². The van der Waals surface area contributed by atoms with Crippen molar-refractivity contribution in [1.82, 2.24) is 24.3 Å². The first-order valence-corrected chi connectivity index (χ1v) is 8.20. The molecule has 0 saturated heterocycles. The molecular weight excluding hydrogens is 318 g/mol. The van der Waals surface area contributed by atoms with Gasteiger partial charge in [-0.1, -0.05) is 19.9 Å². The van der Waals surface area contributed by atoms with Crippen molar-refractivity contribution >= 4 is 11.6 Å². The minimum Gasteiger partial charge on any atom is -0.334 e. The van der Waals surface area contributed by atoms with Gasteiger partial charge in [-0.3, -0.25) is 4.79 Å². The molecule has 3 rings (SSSR count). The molecule has 1 amide bonds. The highest BCUT2D eigenvalue weighted by atomic mass is 16.2. The van der Waals surface area contributed by atoms with Crippen molar-refractivity contribution in [3.8, 4) is 0 Å². The predicted octanol–water partition coefficient (Wildman–Crippen LogP) is 1.89. The van der Waals surface area contributed by atoms with Gasteiger partial charge in [-0.15, -0.1) is 0 Å². The average molecular weight is 339 g/mol. The van der Waals surface area contributed by atoms with Crippen LogP contribution in [0.5, 0.6) is 0 Å². The van der Waals surface area contributed by atoms with Gasteiger partial charge in [0.1, 0.15) is 11.3 Å². The second-order valence-corrected chi connectivity index (χ2v) is 6.53. The summed E-state index contributed by atoms with van der Waals surface area (Å²) < 4.78 is 1.93. The van der Waals surface area contributed by atoms with Gasteiger partial charge < -0.3 is 14.3 Å². The number of carbonyl (C=O) groups is 1. The molecule has 1 N–H and O–H groups in total. The molecule has 25 heavy (non-hydrogen) atoms. The van der Waals surface area contributed by atoms with E-state index in [4.69, 9.17) is 0 Å². The number of amides is 1. The van der Waals surface area contributed by atoms with E-state index in [1.807, 2.05) is 28.8 Å². The summed E-state index contributed by atoms with van der Waals surface area (Å²) in [5.74, 6) is 0.0823. The first-order valence-electron chi connectivity index (χ1n) is 8.20. The number of imidazole rings is 1. The van der Waals surface area contributed by atoms with E-state index in [9.17, 15) is 9.59 Å². The molecule has 7 heteroatoms. The Morgan fingerprint density at radius 3 is 2.92 bits per heavy atom. The summed E-state index contributed by atoms with van der Waals surface area (Å²) in [4.78, 5) is 36.8. The number of carbonyl (C=O) groups excluding carboxylic acids is 1. The molecule has 0 aliphatic heterocycles. The Hall–Kier alpha value is -2.96. The number of hydrogen-bond acceptors (Lipinski definition) is 4. The number of fused-ring (bicyclic) bond motifs is 1. The molecule has 0 bridgehead atoms. The van der Waals surface area contributed by atoms with Gasteiger partial charge in [0.05, 0.1) is 18.4 Å². The van der Waals surface area contributed by atoms with Crippen LogP contribution >= 0.6 is 0 Å².